The van der Waals surface area contributed by atoms with Gasteiger partial charge in [-0.25, -0.2) is 0 Å². The molecular formula is C19H22N2O. The summed E-state index contributed by atoms with van der Waals surface area (Å²) in [4.78, 5) is 12.3. The fourth-order valence-corrected chi connectivity index (χ4v) is 3.00. The first-order valence-electron chi connectivity index (χ1n) is 7.92. The molecule has 0 radical (unpaired) electrons. The lowest BCUT2D eigenvalue weighted by Gasteiger charge is -2.23. The van der Waals surface area contributed by atoms with E-state index in [0.717, 1.165) is 29.9 Å². The van der Waals surface area contributed by atoms with Crippen LogP contribution in [0, 0.1) is 6.92 Å². The molecule has 1 atom stereocenters. The monoisotopic (exact) mass is 294 g/mol. The van der Waals surface area contributed by atoms with Gasteiger partial charge in [0.2, 0.25) is 0 Å². The Balaban J connectivity index is 1.68. The Labute approximate surface area is 131 Å². The first-order valence-corrected chi connectivity index (χ1v) is 7.92. The van der Waals surface area contributed by atoms with Crippen LogP contribution in [0.25, 0.3) is 0 Å². The molecule has 2 aromatic carbocycles. The maximum atomic E-state index is 12.3. The number of anilines is 1. The second-order valence-corrected chi connectivity index (χ2v) is 5.93. The summed E-state index contributed by atoms with van der Waals surface area (Å²) in [7, 11) is 0. The molecule has 1 fully saturated rings. The molecule has 1 amide bonds. The van der Waals surface area contributed by atoms with Crippen molar-refractivity contribution in [2.75, 3.05) is 18.4 Å². The third-order valence-corrected chi connectivity index (χ3v) is 4.33. The molecule has 1 saturated heterocycles. The summed E-state index contributed by atoms with van der Waals surface area (Å²) >= 11 is 0. The van der Waals surface area contributed by atoms with Gasteiger partial charge in [-0.05, 0) is 61.6 Å². The average Bonchev–Trinajstić information content (AvgIpc) is 2.57. The van der Waals surface area contributed by atoms with Crippen molar-refractivity contribution < 1.29 is 4.79 Å². The fourth-order valence-electron chi connectivity index (χ4n) is 3.00. The van der Waals surface area contributed by atoms with Crippen LogP contribution in [-0.4, -0.2) is 19.0 Å². The summed E-state index contributed by atoms with van der Waals surface area (Å²) in [5.74, 6) is 0.542. The SMILES string of the molecule is Cc1ccccc1C(=O)Nc1ccc(C2CCCNC2)cc1. The van der Waals surface area contributed by atoms with E-state index >= 15 is 0 Å². The van der Waals surface area contributed by atoms with Gasteiger partial charge in [-0.15, -0.1) is 0 Å². The van der Waals surface area contributed by atoms with Crippen molar-refractivity contribution in [2.45, 2.75) is 25.7 Å². The average molecular weight is 294 g/mol. The van der Waals surface area contributed by atoms with Gasteiger partial charge < -0.3 is 10.6 Å². The van der Waals surface area contributed by atoms with Crippen molar-refractivity contribution in [1.82, 2.24) is 5.32 Å². The van der Waals surface area contributed by atoms with Gasteiger partial charge in [0, 0.05) is 17.8 Å². The molecule has 1 aliphatic heterocycles. The molecule has 2 N–H and O–H groups in total. The van der Waals surface area contributed by atoms with E-state index in [4.69, 9.17) is 0 Å². The normalized spacial score (nSPS) is 18.0. The van der Waals surface area contributed by atoms with Crippen LogP contribution in [0.1, 0.15) is 40.2 Å². The number of nitrogens with one attached hydrogen (secondary N) is 2. The van der Waals surface area contributed by atoms with E-state index in [0.29, 0.717) is 5.92 Å². The van der Waals surface area contributed by atoms with E-state index in [9.17, 15) is 4.79 Å². The number of carbonyl (C=O) groups is 1. The Hall–Kier alpha value is -2.13. The van der Waals surface area contributed by atoms with Gasteiger partial charge >= 0.3 is 0 Å². The molecule has 0 aromatic heterocycles. The summed E-state index contributed by atoms with van der Waals surface area (Å²) in [5.41, 5.74) is 3.91. The lowest BCUT2D eigenvalue weighted by molar-refractivity contribution is 0.102. The molecule has 1 heterocycles. The Bertz CT molecular complexity index is 643. The van der Waals surface area contributed by atoms with Crippen LogP contribution in [0.2, 0.25) is 0 Å². The van der Waals surface area contributed by atoms with E-state index in [1.54, 1.807) is 0 Å². The van der Waals surface area contributed by atoms with E-state index in [-0.39, 0.29) is 5.91 Å². The third kappa shape index (κ3) is 3.37. The Morgan fingerprint density at radius 2 is 1.91 bits per heavy atom. The third-order valence-electron chi connectivity index (χ3n) is 4.33. The molecule has 1 aliphatic rings. The molecule has 3 nitrogen and oxygen atoms in total. The number of aryl methyl sites for hydroxylation is 1. The van der Waals surface area contributed by atoms with Crippen molar-refractivity contribution in [1.29, 1.82) is 0 Å². The first kappa shape index (κ1) is 14.8. The number of rotatable bonds is 3. The van der Waals surface area contributed by atoms with E-state index < -0.39 is 0 Å². The molecule has 0 aliphatic carbocycles. The zero-order chi connectivity index (χ0) is 15.4. The number of benzene rings is 2. The molecule has 2 aromatic rings. The zero-order valence-corrected chi connectivity index (χ0v) is 12.9. The lowest BCUT2D eigenvalue weighted by atomic mass is 9.91. The van der Waals surface area contributed by atoms with Gasteiger partial charge in [0.15, 0.2) is 0 Å². The molecule has 3 heteroatoms. The molecule has 3 rings (SSSR count). The predicted octanol–water partition coefficient (Wildman–Crippen LogP) is 3.71. The van der Waals surface area contributed by atoms with Gasteiger partial charge in [0.05, 0.1) is 0 Å². The minimum absolute atomic E-state index is 0.0508. The summed E-state index contributed by atoms with van der Waals surface area (Å²) in [6.45, 7) is 4.13. The summed E-state index contributed by atoms with van der Waals surface area (Å²) in [6, 6.07) is 15.9. The first-order chi connectivity index (χ1) is 10.7. The highest BCUT2D eigenvalue weighted by atomic mass is 16.1. The smallest absolute Gasteiger partial charge is 0.255 e. The molecule has 114 valence electrons. The highest BCUT2D eigenvalue weighted by Crippen LogP contribution is 2.24. The highest BCUT2D eigenvalue weighted by molar-refractivity contribution is 6.05. The standard InChI is InChI=1S/C19H22N2O/c1-14-5-2-3-7-18(14)19(22)21-17-10-8-15(9-11-17)16-6-4-12-20-13-16/h2-3,5,7-11,16,20H,4,6,12-13H2,1H3,(H,21,22). The molecule has 0 saturated carbocycles. The van der Waals surface area contributed by atoms with Gasteiger partial charge in [-0.2, -0.15) is 0 Å². The highest BCUT2D eigenvalue weighted by Gasteiger charge is 2.15. The second kappa shape index (κ2) is 6.75. The van der Waals surface area contributed by atoms with Gasteiger partial charge in [-0.1, -0.05) is 30.3 Å². The lowest BCUT2D eigenvalue weighted by Crippen LogP contribution is -2.28. The topological polar surface area (TPSA) is 41.1 Å². The molecule has 1 unspecified atom stereocenters. The molecule has 0 spiro atoms. The largest absolute Gasteiger partial charge is 0.322 e. The van der Waals surface area contributed by atoms with E-state index in [2.05, 4.69) is 22.8 Å². The zero-order valence-electron chi connectivity index (χ0n) is 12.9. The van der Waals surface area contributed by atoms with Crippen molar-refractivity contribution >= 4 is 11.6 Å². The van der Waals surface area contributed by atoms with Crippen LogP contribution in [0.5, 0.6) is 0 Å². The van der Waals surface area contributed by atoms with Crippen molar-refractivity contribution in [3.63, 3.8) is 0 Å². The maximum Gasteiger partial charge on any atom is 0.255 e. The number of hydrogen-bond donors (Lipinski definition) is 2. The van der Waals surface area contributed by atoms with Gasteiger partial charge in [-0.3, -0.25) is 4.79 Å². The van der Waals surface area contributed by atoms with Crippen molar-refractivity contribution in [2.24, 2.45) is 0 Å². The van der Waals surface area contributed by atoms with Crippen LogP contribution in [-0.2, 0) is 0 Å². The Kier molecular flexibility index (Phi) is 4.54. The Morgan fingerprint density at radius 3 is 2.59 bits per heavy atom. The Morgan fingerprint density at radius 1 is 1.14 bits per heavy atom. The van der Waals surface area contributed by atoms with Crippen molar-refractivity contribution in [3.8, 4) is 0 Å². The number of carbonyl (C=O) groups excluding carboxylic acids is 1. The van der Waals surface area contributed by atoms with Gasteiger partial charge in [0.1, 0.15) is 0 Å². The van der Waals surface area contributed by atoms with Crippen LogP contribution < -0.4 is 10.6 Å². The van der Waals surface area contributed by atoms with E-state index in [1.165, 1.54) is 18.4 Å². The minimum atomic E-state index is -0.0508. The van der Waals surface area contributed by atoms with Crippen LogP contribution in [0.15, 0.2) is 48.5 Å². The second-order valence-electron chi connectivity index (χ2n) is 5.93. The summed E-state index contributed by atoms with van der Waals surface area (Å²) in [6.07, 6.45) is 2.47. The summed E-state index contributed by atoms with van der Waals surface area (Å²) in [5, 5.41) is 6.41. The number of hydrogen-bond acceptors (Lipinski definition) is 2. The van der Waals surface area contributed by atoms with Crippen LogP contribution in [0.3, 0.4) is 0 Å². The van der Waals surface area contributed by atoms with Gasteiger partial charge in [0.25, 0.3) is 5.91 Å². The van der Waals surface area contributed by atoms with Crippen LogP contribution >= 0.6 is 0 Å². The maximum absolute atomic E-state index is 12.3. The van der Waals surface area contributed by atoms with Crippen molar-refractivity contribution in [3.05, 3.63) is 65.2 Å². The molecule has 22 heavy (non-hydrogen) atoms. The fraction of sp³-hybridized carbons (Fsp3) is 0.316. The molecular weight excluding hydrogens is 272 g/mol. The van der Waals surface area contributed by atoms with Crippen LogP contribution in [0.4, 0.5) is 5.69 Å². The number of amides is 1. The predicted molar refractivity (Wildman–Crippen MR) is 90.4 cm³/mol. The van der Waals surface area contributed by atoms with E-state index in [1.807, 2.05) is 43.3 Å². The summed E-state index contributed by atoms with van der Waals surface area (Å²) < 4.78 is 0. The minimum Gasteiger partial charge on any atom is -0.322 e. The quantitative estimate of drug-likeness (QED) is 0.906. The molecule has 0 bridgehead atoms. The number of piperidine rings is 1.